The SMILES string of the molecule is Cc1c(CNCc2sccc2Br)cccc1[N+](=O)[O-]. The normalized spacial score (nSPS) is 10.6. The largest absolute Gasteiger partial charge is 0.308 e. The van der Waals surface area contributed by atoms with Crippen LogP contribution in [0.2, 0.25) is 0 Å². The fraction of sp³-hybridized carbons (Fsp3) is 0.231. The summed E-state index contributed by atoms with van der Waals surface area (Å²) in [6.45, 7) is 3.16. The van der Waals surface area contributed by atoms with Crippen LogP contribution in [0.5, 0.6) is 0 Å². The van der Waals surface area contributed by atoms with Crippen molar-refractivity contribution < 1.29 is 4.92 Å². The minimum atomic E-state index is -0.339. The lowest BCUT2D eigenvalue weighted by Crippen LogP contribution is -2.13. The summed E-state index contributed by atoms with van der Waals surface area (Å²) in [5.74, 6) is 0. The summed E-state index contributed by atoms with van der Waals surface area (Å²) in [4.78, 5) is 11.7. The average molecular weight is 341 g/mol. The summed E-state index contributed by atoms with van der Waals surface area (Å²) >= 11 is 5.16. The minimum absolute atomic E-state index is 0.177. The molecule has 1 heterocycles. The summed E-state index contributed by atoms with van der Waals surface area (Å²) in [7, 11) is 0. The summed E-state index contributed by atoms with van der Waals surface area (Å²) in [6, 6.07) is 7.19. The summed E-state index contributed by atoms with van der Waals surface area (Å²) in [5.41, 5.74) is 1.86. The summed E-state index contributed by atoms with van der Waals surface area (Å²) in [6.07, 6.45) is 0. The third-order valence-electron chi connectivity index (χ3n) is 2.91. The van der Waals surface area contributed by atoms with Gasteiger partial charge in [0.25, 0.3) is 5.69 Å². The Bertz CT molecular complexity index is 598. The van der Waals surface area contributed by atoms with E-state index in [1.807, 2.05) is 17.5 Å². The number of nitro groups is 1. The molecule has 6 heteroatoms. The molecule has 1 N–H and O–H groups in total. The highest BCUT2D eigenvalue weighted by molar-refractivity contribution is 9.10. The van der Waals surface area contributed by atoms with Crippen LogP contribution in [0.4, 0.5) is 5.69 Å². The molecule has 0 bridgehead atoms. The number of thiophene rings is 1. The molecule has 0 unspecified atom stereocenters. The standard InChI is InChI=1S/C13H13BrN2O2S/c1-9-10(3-2-4-12(9)16(17)18)7-15-8-13-11(14)5-6-19-13/h2-6,15H,7-8H2,1H3. The number of nitro benzene ring substituents is 1. The lowest BCUT2D eigenvalue weighted by Gasteiger charge is -2.07. The molecule has 1 aromatic heterocycles. The van der Waals surface area contributed by atoms with Crippen molar-refractivity contribution in [3.8, 4) is 0 Å². The maximum absolute atomic E-state index is 10.9. The molecule has 0 aliphatic heterocycles. The van der Waals surface area contributed by atoms with Crippen LogP contribution < -0.4 is 5.32 Å². The second kappa shape index (κ2) is 6.27. The Morgan fingerprint density at radius 3 is 2.79 bits per heavy atom. The van der Waals surface area contributed by atoms with Gasteiger partial charge in [0.2, 0.25) is 0 Å². The predicted octanol–water partition coefficient (Wildman–Crippen LogP) is 4.02. The second-order valence-electron chi connectivity index (χ2n) is 4.11. The molecule has 0 saturated heterocycles. The van der Waals surface area contributed by atoms with Crippen molar-refractivity contribution in [3.63, 3.8) is 0 Å². The van der Waals surface area contributed by atoms with Crippen molar-refractivity contribution in [2.24, 2.45) is 0 Å². The Morgan fingerprint density at radius 1 is 1.37 bits per heavy atom. The average Bonchev–Trinajstić information content (AvgIpc) is 2.77. The van der Waals surface area contributed by atoms with E-state index >= 15 is 0 Å². The van der Waals surface area contributed by atoms with E-state index in [0.717, 1.165) is 22.1 Å². The van der Waals surface area contributed by atoms with Gasteiger partial charge in [-0.1, -0.05) is 12.1 Å². The molecule has 0 aliphatic carbocycles. The molecule has 0 radical (unpaired) electrons. The first-order valence-corrected chi connectivity index (χ1v) is 7.42. The predicted molar refractivity (Wildman–Crippen MR) is 80.4 cm³/mol. The topological polar surface area (TPSA) is 55.2 Å². The van der Waals surface area contributed by atoms with Crippen molar-refractivity contribution in [2.75, 3.05) is 0 Å². The van der Waals surface area contributed by atoms with E-state index in [1.165, 1.54) is 10.9 Å². The highest BCUT2D eigenvalue weighted by Crippen LogP contribution is 2.23. The van der Waals surface area contributed by atoms with Gasteiger partial charge in [-0.3, -0.25) is 10.1 Å². The quantitative estimate of drug-likeness (QED) is 0.660. The van der Waals surface area contributed by atoms with Crippen molar-refractivity contribution >= 4 is 33.0 Å². The zero-order valence-electron chi connectivity index (χ0n) is 10.4. The molecule has 0 saturated carbocycles. The fourth-order valence-corrected chi connectivity index (χ4v) is 3.28. The molecule has 2 rings (SSSR count). The van der Waals surface area contributed by atoms with Gasteiger partial charge in [-0.2, -0.15) is 0 Å². The molecule has 0 fully saturated rings. The number of rotatable bonds is 5. The van der Waals surface area contributed by atoms with Crippen LogP contribution in [-0.4, -0.2) is 4.92 Å². The van der Waals surface area contributed by atoms with Gasteiger partial charge < -0.3 is 5.32 Å². The first kappa shape index (κ1) is 14.2. The zero-order valence-corrected chi connectivity index (χ0v) is 12.8. The maximum Gasteiger partial charge on any atom is 0.272 e. The number of hydrogen-bond acceptors (Lipinski definition) is 4. The number of nitrogens with zero attached hydrogens (tertiary/aromatic N) is 1. The van der Waals surface area contributed by atoms with Gasteiger partial charge >= 0.3 is 0 Å². The Labute approximate surface area is 123 Å². The number of benzene rings is 1. The molecule has 4 nitrogen and oxygen atoms in total. The highest BCUT2D eigenvalue weighted by Gasteiger charge is 2.12. The Kier molecular flexibility index (Phi) is 4.68. The molecule has 1 aromatic carbocycles. The molecule has 100 valence electrons. The third-order valence-corrected chi connectivity index (χ3v) is 4.83. The van der Waals surface area contributed by atoms with Gasteiger partial charge in [0.15, 0.2) is 0 Å². The van der Waals surface area contributed by atoms with E-state index < -0.39 is 0 Å². The molecule has 0 amide bonds. The van der Waals surface area contributed by atoms with E-state index in [0.29, 0.717) is 6.54 Å². The van der Waals surface area contributed by atoms with E-state index in [-0.39, 0.29) is 10.6 Å². The molecule has 0 spiro atoms. The van der Waals surface area contributed by atoms with Gasteiger partial charge in [0, 0.05) is 34.1 Å². The number of nitrogens with one attached hydrogen (secondary N) is 1. The van der Waals surface area contributed by atoms with Gasteiger partial charge in [0.1, 0.15) is 0 Å². The molecule has 2 aromatic rings. The maximum atomic E-state index is 10.9. The first-order valence-electron chi connectivity index (χ1n) is 5.75. The van der Waals surface area contributed by atoms with E-state index in [9.17, 15) is 10.1 Å². The van der Waals surface area contributed by atoms with Crippen LogP contribution in [0.25, 0.3) is 0 Å². The molecular weight excluding hydrogens is 328 g/mol. The third kappa shape index (κ3) is 3.40. The zero-order chi connectivity index (χ0) is 13.8. The van der Waals surface area contributed by atoms with Crippen LogP contribution in [0.3, 0.4) is 0 Å². The first-order chi connectivity index (χ1) is 9.09. The fourth-order valence-electron chi connectivity index (χ4n) is 1.82. The van der Waals surface area contributed by atoms with Crippen molar-refractivity contribution in [3.05, 3.63) is 60.2 Å². The van der Waals surface area contributed by atoms with Crippen LogP contribution >= 0.6 is 27.3 Å². The molecule has 0 atom stereocenters. The Morgan fingerprint density at radius 2 is 2.16 bits per heavy atom. The van der Waals surface area contributed by atoms with E-state index in [4.69, 9.17) is 0 Å². The molecule has 0 aliphatic rings. The van der Waals surface area contributed by atoms with Gasteiger partial charge in [-0.15, -0.1) is 11.3 Å². The Hall–Kier alpha value is -1.24. The monoisotopic (exact) mass is 340 g/mol. The molecular formula is C13H13BrN2O2S. The van der Waals surface area contributed by atoms with Crippen LogP contribution in [-0.2, 0) is 13.1 Å². The van der Waals surface area contributed by atoms with Crippen LogP contribution in [0, 0.1) is 17.0 Å². The Balaban J connectivity index is 2.02. The van der Waals surface area contributed by atoms with E-state index in [1.54, 1.807) is 24.3 Å². The second-order valence-corrected chi connectivity index (χ2v) is 5.97. The van der Waals surface area contributed by atoms with E-state index in [2.05, 4.69) is 21.2 Å². The lowest BCUT2D eigenvalue weighted by atomic mass is 10.1. The number of hydrogen-bond donors (Lipinski definition) is 1. The number of halogens is 1. The van der Waals surface area contributed by atoms with Gasteiger partial charge in [-0.05, 0) is 39.9 Å². The smallest absolute Gasteiger partial charge is 0.272 e. The highest BCUT2D eigenvalue weighted by atomic mass is 79.9. The lowest BCUT2D eigenvalue weighted by molar-refractivity contribution is -0.385. The van der Waals surface area contributed by atoms with Crippen LogP contribution in [0.15, 0.2) is 34.1 Å². The van der Waals surface area contributed by atoms with Crippen molar-refractivity contribution in [1.29, 1.82) is 0 Å². The van der Waals surface area contributed by atoms with Crippen molar-refractivity contribution in [2.45, 2.75) is 20.0 Å². The minimum Gasteiger partial charge on any atom is -0.308 e. The summed E-state index contributed by atoms with van der Waals surface area (Å²) < 4.78 is 1.10. The van der Waals surface area contributed by atoms with Crippen LogP contribution in [0.1, 0.15) is 16.0 Å². The van der Waals surface area contributed by atoms with Gasteiger partial charge in [0.05, 0.1) is 4.92 Å². The van der Waals surface area contributed by atoms with Crippen molar-refractivity contribution in [1.82, 2.24) is 5.32 Å². The molecule has 19 heavy (non-hydrogen) atoms. The van der Waals surface area contributed by atoms with Gasteiger partial charge in [-0.25, -0.2) is 0 Å². The summed E-state index contributed by atoms with van der Waals surface area (Å²) in [5, 5.41) is 16.2.